The Hall–Kier alpha value is -5.00. The fourth-order valence-electron chi connectivity index (χ4n) is 8.48. The van der Waals surface area contributed by atoms with E-state index in [4.69, 9.17) is 70.8 Å². The predicted molar refractivity (Wildman–Crippen MR) is 380 cm³/mol. The Morgan fingerprint density at radius 1 is 0.649 bits per heavy atom. The van der Waals surface area contributed by atoms with Crippen LogP contribution in [0.1, 0.15) is 125 Å². The molecule has 578 valence electrons. The van der Waals surface area contributed by atoms with E-state index in [-0.39, 0.29) is 117 Å². The molecule has 10 aromatic rings. The molecule has 10 aromatic heterocycles. The van der Waals surface area contributed by atoms with Crippen molar-refractivity contribution in [1.29, 1.82) is 3.84 Å². The number of imidazole rings is 2. The summed E-state index contributed by atoms with van der Waals surface area (Å²) in [6.45, 7) is 12.3. The summed E-state index contributed by atoms with van der Waals surface area (Å²) in [5.41, 5.74) is 4.04. The number of aliphatic hydroxyl groups is 1. The molecule has 1 atom stereocenters. The van der Waals surface area contributed by atoms with Crippen LogP contribution in [0.25, 0.3) is 49.9 Å². The molecule has 0 radical (unpaired) electrons. The number of anilines is 4. The number of halogens is 15. The monoisotopic (exact) mass is 1740 g/mol. The van der Waals surface area contributed by atoms with Crippen molar-refractivity contribution in [2.75, 3.05) is 21.7 Å². The number of nitrogens with two attached hydrogens (primary N) is 1. The van der Waals surface area contributed by atoms with Crippen LogP contribution >= 0.6 is 52.8 Å². The molecular formula is C62H59Cl3F12K3N21O8P2. The number of carbonyl (C=O) groups excluding carboxylic acids is 2. The minimum atomic E-state index is -4.68. The number of nitrogens with zero attached hydrogens (tertiary/aromatic N) is 17. The Morgan fingerprint density at radius 2 is 1.04 bits per heavy atom. The van der Waals surface area contributed by atoms with E-state index < -0.39 is 77.0 Å². The van der Waals surface area contributed by atoms with Crippen LogP contribution in [0.5, 0.6) is 5.75 Å². The maximum atomic E-state index is 12.9. The average Bonchev–Trinajstić information content (AvgIpc) is 1.60. The summed E-state index contributed by atoms with van der Waals surface area (Å²) in [6, 6.07) is 17.2. The molecule has 0 spiro atoms. The molecule has 4 aliphatic rings. The number of hydrogen-bond acceptors (Lipinski definition) is 25. The van der Waals surface area contributed by atoms with Crippen LogP contribution in [-0.2, 0) is 38.7 Å². The Bertz CT molecular complexity index is 4900. The molecule has 4 aliphatic carbocycles. The molecule has 49 heteroatoms. The summed E-state index contributed by atoms with van der Waals surface area (Å²) in [7, 11) is -5.02. The first kappa shape index (κ1) is 93.2. The van der Waals surface area contributed by atoms with Gasteiger partial charge in [-0.05, 0) is 143 Å². The second-order valence-corrected chi connectivity index (χ2v) is 25.3. The fourth-order valence-corrected chi connectivity index (χ4v) is 8.92. The van der Waals surface area contributed by atoms with Gasteiger partial charge in [0.1, 0.15) is 38.1 Å². The zero-order valence-corrected chi connectivity index (χ0v) is 71.3. The zero-order valence-electron chi connectivity index (χ0n) is 60.8. The van der Waals surface area contributed by atoms with Crippen molar-refractivity contribution in [3.63, 3.8) is 0 Å². The molecule has 6 N–H and O–H groups in total. The molecule has 0 bridgehead atoms. The summed E-state index contributed by atoms with van der Waals surface area (Å²) >= 11 is 20.0. The van der Waals surface area contributed by atoms with Gasteiger partial charge >= 0.3 is 147 Å². The number of nitrogen functional groups attached to an aromatic ring is 1. The predicted octanol–water partition coefficient (Wildman–Crippen LogP) is 9.99. The summed E-state index contributed by atoms with van der Waals surface area (Å²) in [5, 5.41) is 52.2. The van der Waals surface area contributed by atoms with E-state index in [9.17, 15) is 62.3 Å². The number of carbonyl (C=O) groups is 2. The maximum absolute atomic E-state index is 12.9. The molecule has 1 unspecified atom stereocenters. The summed E-state index contributed by atoms with van der Waals surface area (Å²) in [6.07, 6.45) is -5.99. The molecule has 1 amide bonds. The molecule has 10 heterocycles. The van der Waals surface area contributed by atoms with E-state index in [0.717, 1.165) is 63.1 Å². The molecule has 29 nitrogen and oxygen atoms in total. The van der Waals surface area contributed by atoms with Crippen LogP contribution in [0.2, 0.25) is 15.5 Å². The third-order valence-electron chi connectivity index (χ3n) is 13.6. The number of alkyl halides is 12. The first-order valence-electron chi connectivity index (χ1n) is 32.8. The van der Waals surface area contributed by atoms with E-state index in [1.165, 1.54) is 107 Å². The SMILES string of the molecule is C.CC(C)(C)O.FC(F)(F)c1cc(-c2nc3ccc(Cl)nc3n2C2CC2)cnn1.Nc1ccc(Cl)nc1NC1CC1.O=C(Nc1ccc(Cl)nc1NC1CC1)c1cnnc(C(F)(F)F)c1.O=COc1cnnc(C(F)(F)F)c1.O=[P+]([O-])O[O-].[3H]P([3H])[3H].[C-]#[N+]c1ccc2nc(-c3cnnc(C(F)(F)F)c3)n(C3CC3)c2n1.[K+].[K][K]. The number of hydrogen-bond donors (Lipinski definition) is 5. The molecule has 111 heavy (non-hydrogen) atoms. The van der Waals surface area contributed by atoms with Crippen molar-refractivity contribution in [2.45, 2.75) is 134 Å². The number of nitrogens with one attached hydrogen (secondary N) is 3. The van der Waals surface area contributed by atoms with Crippen molar-refractivity contribution in [1.82, 2.24) is 79.8 Å². The van der Waals surface area contributed by atoms with Gasteiger partial charge in [0.15, 0.2) is 45.8 Å². The number of amides is 1. The van der Waals surface area contributed by atoms with E-state index in [2.05, 4.69) is 101 Å². The Morgan fingerprint density at radius 3 is 1.47 bits per heavy atom. The molecule has 4 saturated carbocycles. The topological polar surface area (TPSA) is 393 Å². The van der Waals surface area contributed by atoms with Gasteiger partial charge in [-0.15, -0.1) is 20.4 Å². The van der Waals surface area contributed by atoms with Gasteiger partial charge in [0.25, 0.3) is 23.8 Å². The van der Waals surface area contributed by atoms with E-state index >= 15 is 0 Å². The van der Waals surface area contributed by atoms with Gasteiger partial charge in [-0.1, -0.05) is 53.8 Å². The van der Waals surface area contributed by atoms with E-state index in [1.807, 2.05) is 4.57 Å². The van der Waals surface area contributed by atoms with Crippen molar-refractivity contribution >= 4 is 179 Å². The summed E-state index contributed by atoms with van der Waals surface area (Å²) < 4.78 is 188. The molecule has 4 fully saturated rings. The van der Waals surface area contributed by atoms with Crippen LogP contribution in [-0.4, -0.2) is 182 Å². The number of ether oxygens (including phenoxy) is 1. The van der Waals surface area contributed by atoms with Crippen molar-refractivity contribution in [3.8, 4) is 28.5 Å². The van der Waals surface area contributed by atoms with E-state index in [1.54, 1.807) is 55.7 Å². The number of pyridine rings is 4. The zero-order chi connectivity index (χ0) is 83.2. The Labute approximate surface area is 733 Å². The van der Waals surface area contributed by atoms with Crippen molar-refractivity contribution in [2.24, 2.45) is 0 Å². The van der Waals surface area contributed by atoms with Gasteiger partial charge < -0.3 is 51.1 Å². The first-order chi connectivity index (χ1) is 52.5. The molecule has 0 aromatic carbocycles. The van der Waals surface area contributed by atoms with Crippen molar-refractivity contribution < 1.29 is 143 Å². The summed E-state index contributed by atoms with van der Waals surface area (Å²) in [4.78, 5) is 59.7. The van der Waals surface area contributed by atoms with Crippen LogP contribution in [0.4, 0.5) is 81.5 Å². The van der Waals surface area contributed by atoms with Gasteiger partial charge in [0.2, 0.25) is 0 Å². The second kappa shape index (κ2) is 44.4. The van der Waals surface area contributed by atoms with Crippen LogP contribution in [0.15, 0.2) is 97.6 Å². The first-order valence-corrected chi connectivity index (χ1v) is 49.6. The standard InChI is InChI=1S/C15H9F3N6.C14H11ClF3N5O.C14H9ClF3N5.C8H10ClN3.C6H3F3N2O2.C4H10O.CH4.3K.HO4P.H3P/c1-19-12-5-4-10-14(22-12)24(9-2-3-9)13(21-10)8-6-11(15(16,17)18)23-20-7-8;15-11-4-3-9(12(22-11)20-8-1-2-8)21-13(24)7-5-10(14(16,17)18)23-19-6-7;15-11-4-3-9-13(21-11)23(8-1-2-8)12(20-9)7-5-10(14(16,17)18)22-19-6-7;9-7-4-3-6(10)8(12-7)11-5-1-2-5;7-6(8,9)5-1-4(13-3-12)2-10-11-5;1-4(2,3)5;;;;;1-4-5(2)3;/h4-7,9H,2-3H2;3-6,8H,1-2H2,(H,20,22)(H,21,24);3-6,8H,1-2H2;3-5H,1-2,10H2,(H,11,12);1-3H;5H,1-3H3;1H4;;;;1H;1H3/q;;;;;;;;;+1;;/p-1/i;;;;;;;;;;;1T3. The molecule has 0 saturated heterocycles. The van der Waals surface area contributed by atoms with Crippen LogP contribution in [0.3, 0.4) is 0 Å². The van der Waals surface area contributed by atoms with Gasteiger partial charge in [0.05, 0.1) is 51.2 Å². The average molecular weight is 1750 g/mol. The number of rotatable bonds is 13. The summed E-state index contributed by atoms with van der Waals surface area (Å²) in [5.74, 6) is 1.02. The fraction of sp³-hybridized carbons (Fsp3) is 0.339. The quantitative estimate of drug-likeness (QED) is 0.0105. The Kier molecular flexibility index (Phi) is 37.2. The Balaban J connectivity index is 0.000000290. The van der Waals surface area contributed by atoms with E-state index in [0.29, 0.717) is 85.5 Å². The second-order valence-electron chi connectivity index (χ2n) is 23.5. The van der Waals surface area contributed by atoms with Gasteiger partial charge in [-0.25, -0.2) is 29.6 Å². The normalized spacial score (nSPS) is 14.0. The third kappa shape index (κ3) is 32.2. The van der Waals surface area contributed by atoms with Gasteiger partial charge in [-0.2, -0.15) is 82.8 Å². The third-order valence-corrected chi connectivity index (χ3v) is 14.3. The number of aromatic nitrogens is 16. The van der Waals surface area contributed by atoms with Gasteiger partial charge in [-0.3, -0.25) is 14.2 Å². The molecule has 0 aliphatic heterocycles. The van der Waals surface area contributed by atoms with Crippen LogP contribution in [0, 0.1) is 6.57 Å². The van der Waals surface area contributed by atoms with Crippen LogP contribution < -0.4 is 88.0 Å². The minimum absolute atomic E-state index is 0. The van der Waals surface area contributed by atoms with Gasteiger partial charge in [0, 0.05) is 41.4 Å². The van der Waals surface area contributed by atoms with Crippen molar-refractivity contribution in [3.05, 3.63) is 153 Å². The molecule has 14 rings (SSSR count). The molecular weight excluding hydrogens is 1680 g/mol. The number of fused-ring (bicyclic) bond motifs is 2.